The second-order valence-electron chi connectivity index (χ2n) is 3.34. The molecule has 0 saturated carbocycles. The molecular weight excluding hydrogens is 202 g/mol. The van der Waals surface area contributed by atoms with E-state index in [1.807, 2.05) is 0 Å². The predicted octanol–water partition coefficient (Wildman–Crippen LogP) is -1.54. The first-order valence-corrected chi connectivity index (χ1v) is 4.18. The van der Waals surface area contributed by atoms with Gasteiger partial charge in [0.1, 0.15) is 0 Å². The molecule has 0 fully saturated rings. The summed E-state index contributed by atoms with van der Waals surface area (Å²) >= 11 is 0. The van der Waals surface area contributed by atoms with Crippen molar-refractivity contribution in [3.8, 4) is 0 Å². The van der Waals surface area contributed by atoms with Gasteiger partial charge in [-0.2, -0.15) is 0 Å². The van der Waals surface area contributed by atoms with Gasteiger partial charge in [0.2, 0.25) is 0 Å². The number of benzene rings is 1. The van der Waals surface area contributed by atoms with Gasteiger partial charge < -0.3 is 25.7 Å². The molecule has 80 valence electrons. The van der Waals surface area contributed by atoms with Crippen LogP contribution in [0.5, 0.6) is 0 Å². The van der Waals surface area contributed by atoms with Gasteiger partial charge in [0, 0.05) is 11.3 Å². The molecule has 5 N–H and O–H groups in total. The second kappa shape index (κ2) is 2.77. The van der Waals surface area contributed by atoms with Crippen molar-refractivity contribution in [3.63, 3.8) is 0 Å². The molecule has 0 saturated heterocycles. The summed E-state index contributed by atoms with van der Waals surface area (Å²) in [7, 11) is 0. The first-order valence-electron chi connectivity index (χ1n) is 4.18. The third-order valence-corrected chi connectivity index (χ3v) is 2.35. The van der Waals surface area contributed by atoms with Crippen LogP contribution in [0.1, 0.15) is 5.56 Å². The van der Waals surface area contributed by atoms with Crippen LogP contribution in [0, 0.1) is 0 Å². The Morgan fingerprint density at radius 2 is 1.60 bits per heavy atom. The van der Waals surface area contributed by atoms with E-state index in [2.05, 4.69) is 5.32 Å². The van der Waals surface area contributed by atoms with Crippen LogP contribution >= 0.6 is 0 Å². The van der Waals surface area contributed by atoms with Gasteiger partial charge in [0.15, 0.2) is 0 Å². The highest BCUT2D eigenvalue weighted by Gasteiger charge is 2.58. The van der Waals surface area contributed by atoms with Gasteiger partial charge in [-0.1, -0.05) is 18.2 Å². The number of hydrogen-bond donors (Lipinski definition) is 5. The fraction of sp³-hybridized carbons (Fsp3) is 0.222. The Morgan fingerprint density at radius 3 is 2.27 bits per heavy atom. The Hall–Kier alpha value is -1.47. The minimum atomic E-state index is -3.26. The van der Waals surface area contributed by atoms with Gasteiger partial charge in [-0.25, -0.2) is 0 Å². The Labute approximate surface area is 84.4 Å². The highest BCUT2D eigenvalue weighted by Crippen LogP contribution is 2.38. The zero-order chi connectivity index (χ0) is 11.3. The van der Waals surface area contributed by atoms with E-state index >= 15 is 0 Å². The van der Waals surface area contributed by atoms with E-state index in [9.17, 15) is 25.2 Å². The van der Waals surface area contributed by atoms with Gasteiger partial charge in [0.05, 0.1) is 0 Å². The second-order valence-corrected chi connectivity index (χ2v) is 3.34. The van der Waals surface area contributed by atoms with Crippen LogP contribution in [-0.4, -0.2) is 32.1 Å². The average molecular weight is 211 g/mol. The number of para-hydroxylation sites is 1. The molecule has 1 heterocycles. The summed E-state index contributed by atoms with van der Waals surface area (Å²) in [4.78, 5) is 11.2. The molecule has 0 aliphatic carbocycles. The third-order valence-electron chi connectivity index (χ3n) is 2.35. The van der Waals surface area contributed by atoms with Crippen molar-refractivity contribution >= 4 is 11.6 Å². The van der Waals surface area contributed by atoms with Crippen molar-refractivity contribution in [3.05, 3.63) is 29.8 Å². The number of anilines is 1. The smallest absolute Gasteiger partial charge is 0.305 e. The summed E-state index contributed by atoms with van der Waals surface area (Å²) in [6.07, 6.45) is 0. The van der Waals surface area contributed by atoms with Crippen LogP contribution in [0.3, 0.4) is 0 Å². The van der Waals surface area contributed by atoms with Crippen LogP contribution in [0.25, 0.3) is 0 Å². The Morgan fingerprint density at radius 1 is 1.00 bits per heavy atom. The molecule has 0 atom stereocenters. The lowest BCUT2D eigenvalue weighted by Crippen LogP contribution is -2.62. The Bertz CT molecular complexity index is 426. The molecule has 1 aromatic carbocycles. The number of aliphatic hydroxyl groups is 4. The molecule has 2 rings (SSSR count). The molecule has 1 aromatic rings. The summed E-state index contributed by atoms with van der Waals surface area (Å²) in [6.45, 7) is 0. The summed E-state index contributed by atoms with van der Waals surface area (Å²) in [5.74, 6) is -7.57. The highest BCUT2D eigenvalue weighted by atomic mass is 16.6. The number of fused-ring (bicyclic) bond motifs is 1. The average Bonchev–Trinajstić information content (AvgIpc) is 2.16. The molecular formula is C9H9NO5. The van der Waals surface area contributed by atoms with Crippen LogP contribution < -0.4 is 5.32 Å². The molecule has 1 amide bonds. The van der Waals surface area contributed by atoms with E-state index in [4.69, 9.17) is 0 Å². The van der Waals surface area contributed by atoms with Crippen molar-refractivity contribution in [2.75, 3.05) is 5.32 Å². The van der Waals surface area contributed by atoms with Gasteiger partial charge in [-0.3, -0.25) is 4.79 Å². The van der Waals surface area contributed by atoms with Crippen LogP contribution in [0.15, 0.2) is 24.3 Å². The van der Waals surface area contributed by atoms with Crippen LogP contribution in [0.4, 0.5) is 5.69 Å². The van der Waals surface area contributed by atoms with Gasteiger partial charge in [0.25, 0.3) is 11.7 Å². The number of carbonyl (C=O) groups excluding carboxylic acids is 1. The van der Waals surface area contributed by atoms with E-state index in [1.54, 1.807) is 6.07 Å². The summed E-state index contributed by atoms with van der Waals surface area (Å²) < 4.78 is 0. The van der Waals surface area contributed by atoms with Crippen LogP contribution in [0.2, 0.25) is 0 Å². The zero-order valence-electron chi connectivity index (χ0n) is 7.51. The third kappa shape index (κ3) is 1.17. The molecule has 0 spiro atoms. The standard InChI is InChI=1S/C9H9NO5/c11-7-9(14,15)8(12,13)5-3-1-2-4-6(5)10-7/h1-4,12-15H,(H,10,11). The predicted molar refractivity (Wildman–Crippen MR) is 48.4 cm³/mol. The first-order chi connectivity index (χ1) is 6.87. The molecule has 1 aliphatic heterocycles. The van der Waals surface area contributed by atoms with E-state index in [0.717, 1.165) is 0 Å². The zero-order valence-corrected chi connectivity index (χ0v) is 7.51. The number of hydrogen-bond acceptors (Lipinski definition) is 5. The van der Waals surface area contributed by atoms with Gasteiger partial charge in [-0.15, -0.1) is 0 Å². The SMILES string of the molecule is O=C1Nc2ccccc2C(O)(O)C1(O)O. The maximum Gasteiger partial charge on any atom is 0.305 e. The summed E-state index contributed by atoms with van der Waals surface area (Å²) in [5, 5.41) is 39.7. The summed E-state index contributed by atoms with van der Waals surface area (Å²) in [5.41, 5.74) is -0.0409. The lowest BCUT2D eigenvalue weighted by atomic mass is 9.91. The topological polar surface area (TPSA) is 110 Å². The number of carbonyl (C=O) groups is 1. The summed E-state index contributed by atoms with van der Waals surface area (Å²) in [6, 6.07) is 5.74. The normalized spacial score (nSPS) is 21.7. The largest absolute Gasteiger partial charge is 0.357 e. The van der Waals surface area contributed by atoms with Crippen molar-refractivity contribution in [1.82, 2.24) is 0 Å². The van der Waals surface area contributed by atoms with Gasteiger partial charge >= 0.3 is 5.79 Å². The van der Waals surface area contributed by atoms with Gasteiger partial charge in [-0.05, 0) is 6.07 Å². The molecule has 0 radical (unpaired) electrons. The first kappa shape index (κ1) is 10.1. The van der Waals surface area contributed by atoms with Crippen molar-refractivity contribution < 1.29 is 25.2 Å². The van der Waals surface area contributed by atoms with E-state index < -0.39 is 17.5 Å². The number of amides is 1. The fourth-order valence-corrected chi connectivity index (χ4v) is 1.45. The Balaban J connectivity index is 2.66. The fourth-order valence-electron chi connectivity index (χ4n) is 1.45. The number of nitrogens with one attached hydrogen (secondary N) is 1. The van der Waals surface area contributed by atoms with E-state index in [0.29, 0.717) is 0 Å². The van der Waals surface area contributed by atoms with Crippen molar-refractivity contribution in [1.29, 1.82) is 0 Å². The van der Waals surface area contributed by atoms with Crippen molar-refractivity contribution in [2.45, 2.75) is 11.6 Å². The number of rotatable bonds is 0. The Kier molecular flexibility index (Phi) is 1.86. The van der Waals surface area contributed by atoms with E-state index in [-0.39, 0.29) is 11.3 Å². The van der Waals surface area contributed by atoms with Crippen molar-refractivity contribution in [2.24, 2.45) is 0 Å². The molecule has 0 bridgehead atoms. The maximum atomic E-state index is 11.2. The maximum absolute atomic E-state index is 11.2. The minimum Gasteiger partial charge on any atom is -0.357 e. The minimum absolute atomic E-state index is 0.131. The molecule has 15 heavy (non-hydrogen) atoms. The van der Waals surface area contributed by atoms with Crippen LogP contribution in [-0.2, 0) is 10.6 Å². The molecule has 1 aliphatic rings. The lowest BCUT2D eigenvalue weighted by molar-refractivity contribution is -0.345. The lowest BCUT2D eigenvalue weighted by Gasteiger charge is -2.38. The molecule has 0 aromatic heterocycles. The molecule has 0 unspecified atom stereocenters. The quantitative estimate of drug-likeness (QED) is 0.334. The highest BCUT2D eigenvalue weighted by molar-refractivity contribution is 6.00. The molecule has 6 heteroatoms. The molecule has 6 nitrogen and oxygen atoms in total. The van der Waals surface area contributed by atoms with E-state index in [1.165, 1.54) is 18.2 Å². The monoisotopic (exact) mass is 211 g/mol.